The van der Waals surface area contributed by atoms with Crippen molar-refractivity contribution >= 4 is 63.1 Å². The molecule has 0 aliphatic rings. The van der Waals surface area contributed by atoms with Gasteiger partial charge >= 0.3 is 0 Å². The van der Waals surface area contributed by atoms with Crippen molar-refractivity contribution in [2.24, 2.45) is 0 Å². The van der Waals surface area contributed by atoms with Crippen LogP contribution in [-0.4, -0.2) is 21.8 Å². The summed E-state index contributed by atoms with van der Waals surface area (Å²) in [4.78, 5) is 0. The molecule has 23 heavy (non-hydrogen) atoms. The molecular formula is C18H29S5. The van der Waals surface area contributed by atoms with E-state index in [2.05, 4.69) is 88.3 Å². The maximum atomic E-state index is 4.53. The maximum Gasteiger partial charge on any atom is 0.0448 e. The third-order valence-electron chi connectivity index (χ3n) is 4.67. The molecule has 0 saturated heterocycles. The van der Waals surface area contributed by atoms with E-state index in [9.17, 15) is 0 Å². The molecule has 1 aromatic carbocycles. The predicted octanol–water partition coefficient (Wildman–Crippen LogP) is 5.75. The van der Waals surface area contributed by atoms with Crippen molar-refractivity contribution in [3.63, 3.8) is 0 Å². The first kappa shape index (κ1) is 22.0. The molecule has 0 N–H and O–H groups in total. The summed E-state index contributed by atoms with van der Waals surface area (Å²) in [7, 11) is 0. The molecule has 0 heterocycles. The summed E-state index contributed by atoms with van der Waals surface area (Å²) in [6, 6.07) is 9.73. The van der Waals surface area contributed by atoms with Crippen LogP contribution >= 0.6 is 63.1 Å². The van der Waals surface area contributed by atoms with Crippen LogP contribution in [0.4, 0.5) is 0 Å². The Balaban J connectivity index is 3.35. The summed E-state index contributed by atoms with van der Waals surface area (Å²) in [5.41, 5.74) is 2.93. The van der Waals surface area contributed by atoms with Crippen LogP contribution in [0.25, 0.3) is 0 Å². The van der Waals surface area contributed by atoms with Crippen molar-refractivity contribution in [2.45, 2.75) is 54.9 Å². The summed E-state index contributed by atoms with van der Waals surface area (Å²) in [6.45, 7) is 2.24. The van der Waals surface area contributed by atoms with Gasteiger partial charge in [-0.2, -0.15) is 63.1 Å². The zero-order valence-corrected chi connectivity index (χ0v) is 18.3. The highest BCUT2D eigenvalue weighted by Crippen LogP contribution is 2.42. The van der Waals surface area contributed by atoms with E-state index in [0.29, 0.717) is 5.92 Å². The third-order valence-corrected chi connectivity index (χ3v) is 5.76. The lowest BCUT2D eigenvalue weighted by molar-refractivity contribution is 0.385. The van der Waals surface area contributed by atoms with Gasteiger partial charge in [0.15, 0.2) is 0 Å². The Labute approximate surface area is 170 Å². The van der Waals surface area contributed by atoms with Crippen LogP contribution in [0.3, 0.4) is 0 Å². The second-order valence-corrected chi connectivity index (χ2v) is 9.03. The number of hydrogen-bond donors (Lipinski definition) is 5. The lowest BCUT2D eigenvalue weighted by atomic mass is 9.70. The Morgan fingerprint density at radius 2 is 1.61 bits per heavy atom. The smallest absolute Gasteiger partial charge is 0.0448 e. The highest BCUT2D eigenvalue weighted by Gasteiger charge is 2.33. The van der Waals surface area contributed by atoms with Crippen LogP contribution in [0.1, 0.15) is 56.1 Å². The topological polar surface area (TPSA) is 0 Å². The van der Waals surface area contributed by atoms with Crippen LogP contribution in [0.15, 0.2) is 18.2 Å². The molecule has 0 fully saturated rings. The van der Waals surface area contributed by atoms with Crippen LogP contribution < -0.4 is 0 Å². The van der Waals surface area contributed by atoms with E-state index in [4.69, 9.17) is 0 Å². The highest BCUT2D eigenvalue weighted by molar-refractivity contribution is 7.99. The summed E-state index contributed by atoms with van der Waals surface area (Å²) in [5, 5.41) is 0. The molecule has 1 unspecified atom stereocenters. The Bertz CT molecular complexity index is 430. The fourth-order valence-electron chi connectivity index (χ4n) is 3.45. The van der Waals surface area contributed by atoms with Crippen LogP contribution in [0, 0.1) is 6.07 Å². The van der Waals surface area contributed by atoms with E-state index < -0.39 is 0 Å². The van der Waals surface area contributed by atoms with E-state index in [1.54, 1.807) is 0 Å². The zero-order chi connectivity index (χ0) is 17.3. The largest absolute Gasteiger partial charge is 0.179 e. The minimum absolute atomic E-state index is 0.0991. The normalized spacial score (nSPS) is 13.5. The number of rotatable bonds is 11. The average Bonchev–Trinajstić information content (AvgIpc) is 2.53. The second kappa shape index (κ2) is 11.6. The first-order chi connectivity index (χ1) is 11.0. The molecule has 0 bridgehead atoms. The maximum absolute atomic E-state index is 4.53. The molecule has 1 aromatic rings. The van der Waals surface area contributed by atoms with Crippen LogP contribution in [0.5, 0.6) is 0 Å². The molecule has 0 aromatic heterocycles. The van der Waals surface area contributed by atoms with Crippen molar-refractivity contribution in [3.8, 4) is 0 Å². The van der Waals surface area contributed by atoms with E-state index in [1.165, 1.54) is 11.1 Å². The molecule has 0 spiro atoms. The first-order valence-electron chi connectivity index (χ1n) is 8.23. The standard InChI is InChI=1S/C18H29S5/c1-2-14(13-17(22)23)15-5-3-4-6-16(15)18(7-10-19,8-11-20)9-12-21/h4-6,14,17,19-23H,2,7-13H2,1H3. The molecule has 131 valence electrons. The molecule has 0 amide bonds. The summed E-state index contributed by atoms with van der Waals surface area (Å²) in [5.74, 6) is 3.08. The van der Waals surface area contributed by atoms with Crippen molar-refractivity contribution in [1.29, 1.82) is 0 Å². The number of thiol groups is 5. The van der Waals surface area contributed by atoms with Gasteiger partial charge in [0, 0.05) is 4.58 Å². The van der Waals surface area contributed by atoms with Gasteiger partial charge in [0.25, 0.3) is 0 Å². The van der Waals surface area contributed by atoms with Crippen molar-refractivity contribution in [2.75, 3.05) is 17.3 Å². The fourth-order valence-corrected chi connectivity index (χ4v) is 5.25. The number of benzene rings is 1. The van der Waals surface area contributed by atoms with Gasteiger partial charge in [-0.15, -0.1) is 0 Å². The van der Waals surface area contributed by atoms with E-state index in [-0.39, 0.29) is 10.00 Å². The lowest BCUT2D eigenvalue weighted by Crippen LogP contribution is -2.30. The monoisotopic (exact) mass is 405 g/mol. The Morgan fingerprint density at radius 3 is 2.04 bits per heavy atom. The fraction of sp³-hybridized carbons (Fsp3) is 0.667. The summed E-state index contributed by atoms with van der Waals surface area (Å²) in [6.07, 6.45) is 5.20. The van der Waals surface area contributed by atoms with Crippen LogP contribution in [-0.2, 0) is 5.41 Å². The molecule has 1 atom stereocenters. The quantitative estimate of drug-likeness (QED) is 0.224. The Kier molecular flexibility index (Phi) is 11.1. The van der Waals surface area contributed by atoms with Gasteiger partial charge in [0.1, 0.15) is 0 Å². The molecule has 0 aliphatic heterocycles. The van der Waals surface area contributed by atoms with Gasteiger partial charge in [-0.05, 0) is 77.9 Å². The highest BCUT2D eigenvalue weighted by atomic mass is 32.2. The molecule has 0 nitrogen and oxygen atoms in total. The average molecular weight is 406 g/mol. The zero-order valence-electron chi connectivity index (χ0n) is 13.8. The molecule has 0 aliphatic carbocycles. The predicted molar refractivity (Wildman–Crippen MR) is 122 cm³/mol. The SMILES string of the molecule is CCC(CC(S)S)c1c[c]ccc1C(CCS)(CCS)CCS. The summed E-state index contributed by atoms with van der Waals surface area (Å²) < 4.78 is 0.0991. The Hall–Kier alpha value is 0.970. The van der Waals surface area contributed by atoms with Crippen molar-refractivity contribution in [1.82, 2.24) is 0 Å². The van der Waals surface area contributed by atoms with E-state index >= 15 is 0 Å². The van der Waals surface area contributed by atoms with Gasteiger partial charge in [-0.25, -0.2) is 0 Å². The van der Waals surface area contributed by atoms with Crippen molar-refractivity contribution < 1.29 is 0 Å². The Morgan fingerprint density at radius 1 is 1.04 bits per heavy atom. The van der Waals surface area contributed by atoms with Crippen LogP contribution in [0.2, 0.25) is 0 Å². The number of hydrogen-bond acceptors (Lipinski definition) is 5. The molecule has 0 saturated carbocycles. The molecule has 1 radical (unpaired) electrons. The van der Waals surface area contributed by atoms with E-state index in [0.717, 1.165) is 49.4 Å². The molecular weight excluding hydrogens is 377 g/mol. The van der Waals surface area contributed by atoms with Gasteiger partial charge < -0.3 is 0 Å². The van der Waals surface area contributed by atoms with Gasteiger partial charge in [0.05, 0.1) is 0 Å². The van der Waals surface area contributed by atoms with Gasteiger partial charge in [0.2, 0.25) is 0 Å². The molecule has 5 heteroatoms. The van der Waals surface area contributed by atoms with Crippen molar-refractivity contribution in [3.05, 3.63) is 35.4 Å². The van der Waals surface area contributed by atoms with E-state index in [1.807, 2.05) is 6.07 Å². The minimum Gasteiger partial charge on any atom is -0.179 e. The van der Waals surface area contributed by atoms with Gasteiger partial charge in [-0.3, -0.25) is 0 Å². The third kappa shape index (κ3) is 6.32. The summed E-state index contributed by atoms with van der Waals surface area (Å²) >= 11 is 22.6. The lowest BCUT2D eigenvalue weighted by Gasteiger charge is -2.37. The first-order valence-corrected chi connectivity index (χ1v) is 11.2. The second-order valence-electron chi connectivity index (χ2n) is 6.04. The van der Waals surface area contributed by atoms with Gasteiger partial charge in [-0.1, -0.05) is 25.1 Å². The minimum atomic E-state index is 0.0991. The molecule has 1 rings (SSSR count).